The SMILES string of the molecule is Cc1ccc(S(=O)(=O)N2CC3CCCC3C2)cc1Cl. The van der Waals surface area contributed by atoms with E-state index in [9.17, 15) is 8.42 Å². The van der Waals surface area contributed by atoms with Crippen LogP contribution < -0.4 is 0 Å². The Morgan fingerprint density at radius 2 is 1.84 bits per heavy atom. The van der Waals surface area contributed by atoms with Gasteiger partial charge in [0.1, 0.15) is 0 Å². The van der Waals surface area contributed by atoms with Gasteiger partial charge in [0.25, 0.3) is 0 Å². The Morgan fingerprint density at radius 3 is 2.42 bits per heavy atom. The first-order valence-electron chi connectivity index (χ1n) is 6.75. The van der Waals surface area contributed by atoms with E-state index in [1.165, 1.54) is 19.3 Å². The number of sulfonamides is 1. The van der Waals surface area contributed by atoms with Crippen molar-refractivity contribution in [2.24, 2.45) is 11.8 Å². The number of hydrogen-bond donors (Lipinski definition) is 0. The van der Waals surface area contributed by atoms with Crippen molar-refractivity contribution in [1.29, 1.82) is 0 Å². The minimum Gasteiger partial charge on any atom is -0.207 e. The molecule has 1 aromatic carbocycles. The summed E-state index contributed by atoms with van der Waals surface area (Å²) in [7, 11) is -3.37. The van der Waals surface area contributed by atoms with Gasteiger partial charge in [0.15, 0.2) is 0 Å². The third-order valence-electron chi connectivity index (χ3n) is 4.47. The number of nitrogens with zero attached hydrogens (tertiary/aromatic N) is 1. The highest BCUT2D eigenvalue weighted by atomic mass is 35.5. The molecule has 1 saturated heterocycles. The predicted octanol–water partition coefficient (Wildman–Crippen LogP) is 3.07. The van der Waals surface area contributed by atoms with Crippen LogP contribution in [0.15, 0.2) is 23.1 Å². The highest BCUT2D eigenvalue weighted by molar-refractivity contribution is 7.89. The largest absolute Gasteiger partial charge is 0.243 e. The van der Waals surface area contributed by atoms with Crippen molar-refractivity contribution in [3.8, 4) is 0 Å². The van der Waals surface area contributed by atoms with Gasteiger partial charge in [0.2, 0.25) is 10.0 Å². The van der Waals surface area contributed by atoms with Crippen LogP contribution in [0.1, 0.15) is 24.8 Å². The zero-order valence-corrected chi connectivity index (χ0v) is 12.5. The van der Waals surface area contributed by atoms with Crippen LogP contribution >= 0.6 is 11.6 Å². The van der Waals surface area contributed by atoms with E-state index in [2.05, 4.69) is 0 Å². The van der Waals surface area contributed by atoms with Crippen LogP contribution in [0.5, 0.6) is 0 Å². The molecule has 0 aromatic heterocycles. The van der Waals surface area contributed by atoms with Gasteiger partial charge in [-0.1, -0.05) is 24.1 Å². The standard InChI is InChI=1S/C14H18ClNO2S/c1-10-5-6-13(7-14(10)15)19(17,18)16-8-11-3-2-4-12(11)9-16/h5-7,11-12H,2-4,8-9H2,1H3. The quantitative estimate of drug-likeness (QED) is 0.841. The van der Waals surface area contributed by atoms with E-state index < -0.39 is 10.0 Å². The molecule has 3 rings (SSSR count). The van der Waals surface area contributed by atoms with Gasteiger partial charge in [-0.15, -0.1) is 0 Å². The second-order valence-electron chi connectivity index (χ2n) is 5.68. The summed E-state index contributed by atoms with van der Waals surface area (Å²) in [5.74, 6) is 1.13. The third kappa shape index (κ3) is 2.30. The molecule has 104 valence electrons. The maximum absolute atomic E-state index is 12.6. The fourth-order valence-electron chi connectivity index (χ4n) is 3.27. The topological polar surface area (TPSA) is 37.4 Å². The Hall–Kier alpha value is -0.580. The molecule has 3 nitrogen and oxygen atoms in total. The first-order valence-corrected chi connectivity index (χ1v) is 8.56. The van der Waals surface area contributed by atoms with Crippen LogP contribution in [-0.4, -0.2) is 25.8 Å². The molecule has 0 amide bonds. The van der Waals surface area contributed by atoms with Crippen molar-refractivity contribution in [3.63, 3.8) is 0 Å². The van der Waals surface area contributed by atoms with Crippen molar-refractivity contribution in [3.05, 3.63) is 28.8 Å². The molecule has 1 aliphatic heterocycles. The van der Waals surface area contributed by atoms with E-state index in [1.54, 1.807) is 22.5 Å². The minimum absolute atomic E-state index is 0.322. The lowest BCUT2D eigenvalue weighted by Gasteiger charge is -2.17. The second-order valence-corrected chi connectivity index (χ2v) is 8.03. The van der Waals surface area contributed by atoms with Gasteiger partial charge < -0.3 is 0 Å². The Morgan fingerprint density at radius 1 is 1.21 bits per heavy atom. The smallest absolute Gasteiger partial charge is 0.207 e. The first kappa shape index (κ1) is 13.4. The number of aryl methyl sites for hydroxylation is 1. The van der Waals surface area contributed by atoms with E-state index in [-0.39, 0.29) is 0 Å². The Balaban J connectivity index is 1.88. The molecule has 2 fully saturated rings. The van der Waals surface area contributed by atoms with Crippen LogP contribution in [0.4, 0.5) is 0 Å². The fraction of sp³-hybridized carbons (Fsp3) is 0.571. The predicted molar refractivity (Wildman–Crippen MR) is 75.8 cm³/mol. The summed E-state index contributed by atoms with van der Waals surface area (Å²) in [5.41, 5.74) is 0.902. The van der Waals surface area contributed by atoms with Gasteiger partial charge in [-0.2, -0.15) is 4.31 Å². The molecular formula is C14H18ClNO2S. The molecule has 2 aliphatic rings. The molecule has 2 atom stereocenters. The summed E-state index contributed by atoms with van der Waals surface area (Å²) in [5, 5.41) is 0.514. The van der Waals surface area contributed by atoms with Crippen molar-refractivity contribution in [2.45, 2.75) is 31.1 Å². The van der Waals surface area contributed by atoms with Gasteiger partial charge in [0, 0.05) is 18.1 Å². The number of benzene rings is 1. The van der Waals surface area contributed by atoms with Crippen molar-refractivity contribution >= 4 is 21.6 Å². The van der Waals surface area contributed by atoms with Crippen LogP contribution in [0, 0.1) is 18.8 Å². The average Bonchev–Trinajstić information content (AvgIpc) is 2.93. The lowest BCUT2D eigenvalue weighted by Crippen LogP contribution is -2.29. The van der Waals surface area contributed by atoms with Gasteiger partial charge in [-0.05, 0) is 49.3 Å². The zero-order chi connectivity index (χ0) is 13.6. The second kappa shape index (κ2) is 4.76. The molecule has 0 bridgehead atoms. The molecular weight excluding hydrogens is 282 g/mol. The molecule has 0 N–H and O–H groups in total. The third-order valence-corrected chi connectivity index (χ3v) is 6.71. The molecule has 2 unspecified atom stereocenters. The average molecular weight is 300 g/mol. The molecule has 19 heavy (non-hydrogen) atoms. The molecule has 0 spiro atoms. The maximum Gasteiger partial charge on any atom is 0.243 e. The van der Waals surface area contributed by atoms with Gasteiger partial charge >= 0.3 is 0 Å². The minimum atomic E-state index is -3.37. The summed E-state index contributed by atoms with van der Waals surface area (Å²) < 4.78 is 26.8. The van der Waals surface area contributed by atoms with Crippen LogP contribution in [0.3, 0.4) is 0 Å². The summed E-state index contributed by atoms with van der Waals surface area (Å²) >= 11 is 6.04. The highest BCUT2D eigenvalue weighted by Crippen LogP contribution is 2.39. The molecule has 5 heteroatoms. The van der Waals surface area contributed by atoms with Gasteiger partial charge in [0.05, 0.1) is 4.90 Å². The maximum atomic E-state index is 12.6. The lowest BCUT2D eigenvalue weighted by molar-refractivity contribution is 0.445. The van der Waals surface area contributed by atoms with Crippen LogP contribution in [0.25, 0.3) is 0 Å². The molecule has 1 saturated carbocycles. The molecule has 0 radical (unpaired) electrons. The highest BCUT2D eigenvalue weighted by Gasteiger charge is 2.41. The van der Waals surface area contributed by atoms with E-state index in [0.29, 0.717) is 34.8 Å². The lowest BCUT2D eigenvalue weighted by atomic mass is 10.0. The van der Waals surface area contributed by atoms with Crippen molar-refractivity contribution < 1.29 is 8.42 Å². The zero-order valence-electron chi connectivity index (χ0n) is 11.0. The molecule has 1 aliphatic carbocycles. The van der Waals surface area contributed by atoms with E-state index in [0.717, 1.165) is 5.56 Å². The van der Waals surface area contributed by atoms with E-state index in [1.807, 2.05) is 6.92 Å². The summed E-state index contributed by atoms with van der Waals surface area (Å²) in [6.07, 6.45) is 3.59. The summed E-state index contributed by atoms with van der Waals surface area (Å²) in [6.45, 7) is 3.23. The molecule has 1 aromatic rings. The number of fused-ring (bicyclic) bond motifs is 1. The van der Waals surface area contributed by atoms with Gasteiger partial charge in [-0.3, -0.25) is 0 Å². The Kier molecular flexibility index (Phi) is 3.36. The van der Waals surface area contributed by atoms with Gasteiger partial charge in [-0.25, -0.2) is 8.42 Å². The normalized spacial score (nSPS) is 27.7. The molecule has 1 heterocycles. The van der Waals surface area contributed by atoms with E-state index in [4.69, 9.17) is 11.6 Å². The van der Waals surface area contributed by atoms with Crippen molar-refractivity contribution in [2.75, 3.05) is 13.1 Å². The Bertz CT molecular complexity index is 587. The summed E-state index contributed by atoms with van der Waals surface area (Å²) in [4.78, 5) is 0.322. The van der Waals surface area contributed by atoms with Crippen LogP contribution in [-0.2, 0) is 10.0 Å². The van der Waals surface area contributed by atoms with Crippen LogP contribution in [0.2, 0.25) is 5.02 Å². The van der Waals surface area contributed by atoms with E-state index >= 15 is 0 Å². The van der Waals surface area contributed by atoms with Crippen molar-refractivity contribution in [1.82, 2.24) is 4.31 Å². The summed E-state index contributed by atoms with van der Waals surface area (Å²) in [6, 6.07) is 5.00. The number of rotatable bonds is 2. The number of halogens is 1. The Labute approximate surface area is 119 Å². The number of hydrogen-bond acceptors (Lipinski definition) is 2. The first-order chi connectivity index (χ1) is 8.98. The fourth-order valence-corrected chi connectivity index (χ4v) is 5.10. The monoisotopic (exact) mass is 299 g/mol.